The van der Waals surface area contributed by atoms with Crippen LogP contribution in [0.2, 0.25) is 0 Å². The SMILES string of the molecule is CC(C)NCc1ccc(CN2CCS(=O)(=O)CC2)o1. The fourth-order valence-electron chi connectivity index (χ4n) is 2.04. The predicted octanol–water partition coefficient (Wildman–Crippen LogP) is 1.01. The van der Waals surface area contributed by atoms with Crippen molar-refractivity contribution in [3.8, 4) is 0 Å². The third kappa shape index (κ3) is 4.63. The fraction of sp³-hybridized carbons (Fsp3) is 0.692. The van der Waals surface area contributed by atoms with Crippen LogP contribution >= 0.6 is 0 Å². The van der Waals surface area contributed by atoms with Gasteiger partial charge < -0.3 is 9.73 Å². The van der Waals surface area contributed by atoms with Gasteiger partial charge in [0.2, 0.25) is 0 Å². The first-order chi connectivity index (χ1) is 8.94. The smallest absolute Gasteiger partial charge is 0.152 e. The maximum atomic E-state index is 11.3. The standard InChI is InChI=1S/C13H22N2O3S/c1-11(2)14-9-12-3-4-13(18-12)10-15-5-7-19(16,17)8-6-15/h3-4,11,14H,5-10H2,1-2H3. The van der Waals surface area contributed by atoms with Crippen LogP contribution in [0.15, 0.2) is 16.5 Å². The van der Waals surface area contributed by atoms with Crippen LogP contribution < -0.4 is 5.32 Å². The molecule has 1 aliphatic heterocycles. The zero-order valence-corrected chi connectivity index (χ0v) is 12.4. The first kappa shape index (κ1) is 14.6. The van der Waals surface area contributed by atoms with E-state index in [-0.39, 0.29) is 11.5 Å². The Morgan fingerprint density at radius 3 is 2.53 bits per heavy atom. The molecule has 5 nitrogen and oxygen atoms in total. The van der Waals surface area contributed by atoms with Gasteiger partial charge in [0.05, 0.1) is 24.6 Å². The van der Waals surface area contributed by atoms with E-state index < -0.39 is 9.84 Å². The summed E-state index contributed by atoms with van der Waals surface area (Å²) in [6.07, 6.45) is 0. The zero-order chi connectivity index (χ0) is 13.9. The summed E-state index contributed by atoms with van der Waals surface area (Å²) in [7, 11) is -2.80. The molecule has 1 N–H and O–H groups in total. The monoisotopic (exact) mass is 286 g/mol. The molecule has 1 aliphatic rings. The van der Waals surface area contributed by atoms with Crippen LogP contribution in [-0.2, 0) is 22.9 Å². The fourth-order valence-corrected chi connectivity index (χ4v) is 3.31. The summed E-state index contributed by atoms with van der Waals surface area (Å²) < 4.78 is 28.4. The molecule has 19 heavy (non-hydrogen) atoms. The molecular weight excluding hydrogens is 264 g/mol. The Morgan fingerprint density at radius 2 is 1.89 bits per heavy atom. The van der Waals surface area contributed by atoms with E-state index in [2.05, 4.69) is 24.1 Å². The number of nitrogens with zero attached hydrogens (tertiary/aromatic N) is 1. The summed E-state index contributed by atoms with van der Waals surface area (Å²) in [5.74, 6) is 2.35. The summed E-state index contributed by atoms with van der Waals surface area (Å²) in [4.78, 5) is 2.12. The van der Waals surface area contributed by atoms with E-state index in [0.717, 1.165) is 18.1 Å². The lowest BCUT2D eigenvalue weighted by atomic mass is 10.3. The maximum absolute atomic E-state index is 11.3. The van der Waals surface area contributed by atoms with Crippen molar-refractivity contribution in [2.75, 3.05) is 24.6 Å². The molecule has 1 aromatic rings. The number of nitrogens with one attached hydrogen (secondary N) is 1. The molecular formula is C13H22N2O3S. The molecule has 108 valence electrons. The van der Waals surface area contributed by atoms with E-state index >= 15 is 0 Å². The normalized spacial score (nSPS) is 19.9. The van der Waals surface area contributed by atoms with Crippen molar-refractivity contribution >= 4 is 9.84 Å². The van der Waals surface area contributed by atoms with Crippen molar-refractivity contribution < 1.29 is 12.8 Å². The minimum Gasteiger partial charge on any atom is -0.463 e. The van der Waals surface area contributed by atoms with Crippen molar-refractivity contribution in [2.24, 2.45) is 0 Å². The van der Waals surface area contributed by atoms with E-state index in [0.29, 0.717) is 25.7 Å². The molecule has 0 spiro atoms. The Morgan fingerprint density at radius 1 is 1.26 bits per heavy atom. The molecule has 0 unspecified atom stereocenters. The lowest BCUT2D eigenvalue weighted by Gasteiger charge is -2.25. The largest absolute Gasteiger partial charge is 0.463 e. The Hall–Kier alpha value is -0.850. The zero-order valence-electron chi connectivity index (χ0n) is 11.6. The summed E-state index contributed by atoms with van der Waals surface area (Å²) in [5, 5.41) is 3.30. The number of rotatable bonds is 5. The number of sulfone groups is 1. The average molecular weight is 286 g/mol. The highest BCUT2D eigenvalue weighted by atomic mass is 32.2. The molecule has 2 rings (SSSR count). The van der Waals surface area contributed by atoms with E-state index in [4.69, 9.17) is 4.42 Å². The first-order valence-corrected chi connectivity index (χ1v) is 8.50. The van der Waals surface area contributed by atoms with Crippen LogP contribution in [-0.4, -0.2) is 44.0 Å². The minimum atomic E-state index is -2.80. The van der Waals surface area contributed by atoms with Gasteiger partial charge in [0, 0.05) is 19.1 Å². The van der Waals surface area contributed by atoms with Gasteiger partial charge >= 0.3 is 0 Å². The van der Waals surface area contributed by atoms with E-state index in [1.165, 1.54) is 0 Å². The Balaban J connectivity index is 1.83. The van der Waals surface area contributed by atoms with Crippen LogP contribution in [0.1, 0.15) is 25.4 Å². The lowest BCUT2D eigenvalue weighted by molar-refractivity contribution is 0.258. The topological polar surface area (TPSA) is 62.6 Å². The molecule has 6 heteroatoms. The molecule has 0 atom stereocenters. The van der Waals surface area contributed by atoms with E-state index in [9.17, 15) is 8.42 Å². The third-order valence-electron chi connectivity index (χ3n) is 3.22. The van der Waals surface area contributed by atoms with Gasteiger partial charge in [-0.3, -0.25) is 4.90 Å². The second kappa shape index (κ2) is 6.07. The maximum Gasteiger partial charge on any atom is 0.152 e. The minimum absolute atomic E-state index is 0.259. The van der Waals surface area contributed by atoms with E-state index in [1.807, 2.05) is 12.1 Å². The van der Waals surface area contributed by atoms with Gasteiger partial charge in [0.1, 0.15) is 11.5 Å². The molecule has 1 aromatic heterocycles. The van der Waals surface area contributed by atoms with Gasteiger partial charge in [-0.05, 0) is 12.1 Å². The van der Waals surface area contributed by atoms with Gasteiger partial charge in [-0.15, -0.1) is 0 Å². The number of hydrogen-bond donors (Lipinski definition) is 1. The Labute approximate surface area is 114 Å². The molecule has 1 fully saturated rings. The van der Waals surface area contributed by atoms with Crippen LogP contribution in [0.25, 0.3) is 0 Å². The summed E-state index contributed by atoms with van der Waals surface area (Å²) in [6.45, 7) is 6.81. The second-order valence-corrected chi connectivity index (χ2v) is 7.64. The van der Waals surface area contributed by atoms with Crippen LogP contribution in [0.3, 0.4) is 0 Å². The molecule has 2 heterocycles. The quantitative estimate of drug-likeness (QED) is 0.875. The Bertz CT molecular complexity index is 494. The Kier molecular flexibility index (Phi) is 4.65. The third-order valence-corrected chi connectivity index (χ3v) is 4.83. The van der Waals surface area contributed by atoms with Crippen molar-refractivity contribution in [1.29, 1.82) is 0 Å². The van der Waals surface area contributed by atoms with Crippen molar-refractivity contribution in [3.05, 3.63) is 23.7 Å². The van der Waals surface area contributed by atoms with Gasteiger partial charge in [-0.1, -0.05) is 13.8 Å². The predicted molar refractivity (Wildman–Crippen MR) is 74.6 cm³/mol. The van der Waals surface area contributed by atoms with E-state index in [1.54, 1.807) is 0 Å². The molecule has 1 saturated heterocycles. The molecule has 0 aliphatic carbocycles. The van der Waals surface area contributed by atoms with Crippen molar-refractivity contribution in [1.82, 2.24) is 10.2 Å². The highest BCUT2D eigenvalue weighted by molar-refractivity contribution is 7.91. The van der Waals surface area contributed by atoms with Gasteiger partial charge in [0.15, 0.2) is 9.84 Å². The molecule has 0 radical (unpaired) electrons. The van der Waals surface area contributed by atoms with Gasteiger partial charge in [-0.25, -0.2) is 8.42 Å². The van der Waals surface area contributed by atoms with Gasteiger partial charge in [-0.2, -0.15) is 0 Å². The lowest BCUT2D eigenvalue weighted by Crippen LogP contribution is -2.39. The molecule has 0 saturated carbocycles. The average Bonchev–Trinajstić information content (AvgIpc) is 2.77. The molecule has 0 bridgehead atoms. The highest BCUT2D eigenvalue weighted by Crippen LogP contribution is 2.13. The van der Waals surface area contributed by atoms with Gasteiger partial charge in [0.25, 0.3) is 0 Å². The molecule has 0 aromatic carbocycles. The second-order valence-electron chi connectivity index (χ2n) is 5.33. The summed E-state index contributed by atoms with van der Waals surface area (Å²) >= 11 is 0. The number of furan rings is 1. The van der Waals surface area contributed by atoms with Crippen molar-refractivity contribution in [2.45, 2.75) is 33.0 Å². The highest BCUT2D eigenvalue weighted by Gasteiger charge is 2.22. The summed E-state index contributed by atoms with van der Waals surface area (Å²) in [5.41, 5.74) is 0. The number of hydrogen-bond acceptors (Lipinski definition) is 5. The molecule has 0 amide bonds. The first-order valence-electron chi connectivity index (χ1n) is 6.68. The van der Waals surface area contributed by atoms with Crippen LogP contribution in [0.4, 0.5) is 0 Å². The van der Waals surface area contributed by atoms with Crippen molar-refractivity contribution in [3.63, 3.8) is 0 Å². The van der Waals surface area contributed by atoms with Crippen LogP contribution in [0, 0.1) is 0 Å². The summed E-state index contributed by atoms with van der Waals surface area (Å²) in [6, 6.07) is 4.38. The van der Waals surface area contributed by atoms with Crippen LogP contribution in [0.5, 0.6) is 0 Å².